The summed E-state index contributed by atoms with van der Waals surface area (Å²) in [6, 6.07) is 3.07. The third-order valence-corrected chi connectivity index (χ3v) is 6.67. The number of nitrogens with two attached hydrogens (primary N) is 3. The molecule has 4 amide bonds. The first-order valence-electron chi connectivity index (χ1n) is 14.6. The Labute approximate surface area is 265 Å². The van der Waals surface area contributed by atoms with Gasteiger partial charge in [-0.3, -0.25) is 29.0 Å². The van der Waals surface area contributed by atoms with Crippen molar-refractivity contribution in [3.05, 3.63) is 54.1 Å². The van der Waals surface area contributed by atoms with Gasteiger partial charge in [-0.15, -0.1) is 0 Å². The number of hydrogen-bond acceptors (Lipinski definition) is 9. The number of carboxylic acids is 1. The largest absolute Gasteiger partial charge is 0.481 e. The molecule has 0 radical (unpaired) electrons. The molecule has 46 heavy (non-hydrogen) atoms. The fraction of sp³-hybridized carbons (Fsp3) is 0.448. The summed E-state index contributed by atoms with van der Waals surface area (Å²) < 4.78 is 0. The van der Waals surface area contributed by atoms with Crippen LogP contribution in [0.3, 0.4) is 0 Å². The molecule has 17 heteroatoms. The molecule has 0 aliphatic heterocycles. The molecule has 1 heterocycles. The Hall–Kier alpha value is -5.32. The number of carboxylic acid groups (broad SMARTS) is 1. The summed E-state index contributed by atoms with van der Waals surface area (Å²) in [5.74, 6) is -4.26. The van der Waals surface area contributed by atoms with E-state index in [2.05, 4.69) is 36.2 Å². The molecule has 12 N–H and O–H groups in total. The van der Waals surface area contributed by atoms with Crippen LogP contribution in [0.5, 0.6) is 0 Å². The lowest BCUT2D eigenvalue weighted by Crippen LogP contribution is -2.58. The number of imidazole rings is 1. The smallest absolute Gasteiger partial charge is 0.303 e. The zero-order valence-corrected chi connectivity index (χ0v) is 25.5. The van der Waals surface area contributed by atoms with E-state index < -0.39 is 66.2 Å². The van der Waals surface area contributed by atoms with Crippen molar-refractivity contribution in [3.63, 3.8) is 0 Å². The van der Waals surface area contributed by atoms with Gasteiger partial charge in [0.1, 0.15) is 24.4 Å². The Bertz CT molecular complexity index is 1330. The highest BCUT2D eigenvalue weighted by molar-refractivity contribution is 5.95. The minimum absolute atomic E-state index is 0.00950. The lowest BCUT2D eigenvalue weighted by atomic mass is 10.0. The SMILES string of the molecule is C[C@H](N)C(=O)N[C@@H](CCC(=O)O)C(=O)N[C@@H](Cc1ccccc1)C(=O)N[C@@H](CCCN=C(N)N)C(=O)N[C@H](C=O)Cc1cnc[nH]1. The number of nitrogens with one attached hydrogen (secondary N) is 5. The van der Waals surface area contributed by atoms with Crippen LogP contribution in [0.4, 0.5) is 0 Å². The van der Waals surface area contributed by atoms with Gasteiger partial charge in [-0.2, -0.15) is 0 Å². The molecule has 1 aromatic heterocycles. The second kappa shape index (κ2) is 19.1. The normalized spacial score (nSPS) is 14.0. The first-order valence-corrected chi connectivity index (χ1v) is 14.6. The Morgan fingerprint density at radius 3 is 2.11 bits per heavy atom. The number of aliphatic carboxylic acids is 1. The number of amides is 4. The number of hydrogen-bond donors (Lipinski definition) is 9. The number of aromatic amines is 1. The zero-order valence-electron chi connectivity index (χ0n) is 25.5. The zero-order chi connectivity index (χ0) is 34.1. The summed E-state index contributed by atoms with van der Waals surface area (Å²) in [7, 11) is 0. The number of aromatic nitrogens is 2. The molecular formula is C29H42N10O7. The Kier molecular flexibility index (Phi) is 15.3. The van der Waals surface area contributed by atoms with Gasteiger partial charge in [0.25, 0.3) is 0 Å². The molecule has 0 aliphatic carbocycles. The summed E-state index contributed by atoms with van der Waals surface area (Å²) in [6.07, 6.45) is 3.25. The van der Waals surface area contributed by atoms with E-state index in [0.717, 1.165) is 0 Å². The van der Waals surface area contributed by atoms with Crippen molar-refractivity contribution in [2.75, 3.05) is 6.54 Å². The average molecular weight is 643 g/mol. The fourth-order valence-electron chi connectivity index (χ4n) is 4.27. The Morgan fingerprint density at radius 2 is 1.52 bits per heavy atom. The number of carbonyl (C=O) groups excluding carboxylic acids is 5. The minimum Gasteiger partial charge on any atom is -0.481 e. The number of aliphatic imine (C=N–C) groups is 1. The van der Waals surface area contributed by atoms with Gasteiger partial charge in [0, 0.05) is 37.7 Å². The van der Waals surface area contributed by atoms with E-state index >= 15 is 0 Å². The maximum atomic E-state index is 13.7. The number of carbonyl (C=O) groups is 6. The molecule has 17 nitrogen and oxygen atoms in total. The predicted octanol–water partition coefficient (Wildman–Crippen LogP) is -2.40. The van der Waals surface area contributed by atoms with E-state index in [0.29, 0.717) is 17.5 Å². The lowest BCUT2D eigenvalue weighted by Gasteiger charge is -2.26. The number of guanidine groups is 1. The van der Waals surface area contributed by atoms with Gasteiger partial charge in [0.2, 0.25) is 23.6 Å². The highest BCUT2D eigenvalue weighted by Crippen LogP contribution is 2.08. The number of benzene rings is 1. The molecule has 0 saturated heterocycles. The van der Waals surface area contributed by atoms with Gasteiger partial charge < -0.3 is 53.4 Å². The van der Waals surface area contributed by atoms with Crippen molar-refractivity contribution in [3.8, 4) is 0 Å². The molecular weight excluding hydrogens is 600 g/mol. The van der Waals surface area contributed by atoms with Crippen LogP contribution in [0.15, 0.2) is 47.8 Å². The van der Waals surface area contributed by atoms with E-state index in [-0.39, 0.29) is 44.6 Å². The van der Waals surface area contributed by atoms with Gasteiger partial charge in [0.05, 0.1) is 18.4 Å². The monoisotopic (exact) mass is 642 g/mol. The molecule has 0 bridgehead atoms. The molecule has 0 fully saturated rings. The van der Waals surface area contributed by atoms with Crippen molar-refractivity contribution >= 4 is 41.8 Å². The van der Waals surface area contributed by atoms with Crippen LogP contribution in [-0.2, 0) is 41.6 Å². The third kappa shape index (κ3) is 13.5. The predicted molar refractivity (Wildman–Crippen MR) is 167 cm³/mol. The summed E-state index contributed by atoms with van der Waals surface area (Å²) in [4.78, 5) is 86.3. The molecule has 0 saturated carbocycles. The van der Waals surface area contributed by atoms with Crippen LogP contribution in [-0.4, -0.2) is 93.7 Å². The third-order valence-electron chi connectivity index (χ3n) is 6.67. The van der Waals surface area contributed by atoms with E-state index in [1.165, 1.54) is 19.4 Å². The van der Waals surface area contributed by atoms with Crippen molar-refractivity contribution in [1.29, 1.82) is 0 Å². The van der Waals surface area contributed by atoms with Crippen LogP contribution in [0.25, 0.3) is 0 Å². The molecule has 2 aromatic rings. The second-order valence-corrected chi connectivity index (χ2v) is 10.6. The van der Waals surface area contributed by atoms with E-state index in [1.807, 2.05) is 0 Å². The van der Waals surface area contributed by atoms with Crippen LogP contribution in [0, 0.1) is 0 Å². The molecule has 0 aliphatic rings. The first-order chi connectivity index (χ1) is 21.9. The number of aldehydes is 1. The van der Waals surface area contributed by atoms with Crippen molar-refractivity contribution < 1.29 is 33.9 Å². The van der Waals surface area contributed by atoms with Gasteiger partial charge in [-0.25, -0.2) is 4.98 Å². The van der Waals surface area contributed by atoms with Gasteiger partial charge in [0.15, 0.2) is 5.96 Å². The summed E-state index contributed by atoms with van der Waals surface area (Å²) in [6.45, 7) is 1.55. The maximum absolute atomic E-state index is 13.7. The summed E-state index contributed by atoms with van der Waals surface area (Å²) in [5, 5.41) is 19.4. The quantitative estimate of drug-likeness (QED) is 0.0317. The van der Waals surface area contributed by atoms with Crippen molar-refractivity contribution in [2.45, 2.75) is 75.7 Å². The van der Waals surface area contributed by atoms with Crippen LogP contribution in [0.1, 0.15) is 43.9 Å². The van der Waals surface area contributed by atoms with Gasteiger partial charge in [-0.1, -0.05) is 30.3 Å². The molecule has 0 unspecified atom stereocenters. The standard InChI is InChI=1S/C29H42N10O7/c1-17(30)25(43)37-22(9-10-24(41)42)27(45)39-23(12-18-6-3-2-4-7-18)28(46)38-21(8-5-11-34-29(31)32)26(44)36-20(15-40)13-19-14-33-16-35-19/h2-4,6-7,14-17,20-23H,5,8-13,30H2,1H3,(H,33,35)(H,36,44)(H,37,43)(H,38,46)(H,39,45)(H,41,42)(H4,31,32,34)/t17-,20-,21-,22-,23-/m0/s1. The highest BCUT2D eigenvalue weighted by Gasteiger charge is 2.31. The minimum atomic E-state index is -1.31. The molecule has 0 spiro atoms. The van der Waals surface area contributed by atoms with Crippen LogP contribution < -0.4 is 38.5 Å². The molecule has 250 valence electrons. The molecule has 1 aromatic carbocycles. The second-order valence-electron chi connectivity index (χ2n) is 10.6. The summed E-state index contributed by atoms with van der Waals surface area (Å²) in [5.41, 5.74) is 17.7. The van der Waals surface area contributed by atoms with E-state index in [1.54, 1.807) is 30.3 Å². The van der Waals surface area contributed by atoms with Crippen molar-refractivity contribution in [1.82, 2.24) is 31.2 Å². The molecule has 5 atom stereocenters. The van der Waals surface area contributed by atoms with Gasteiger partial charge >= 0.3 is 5.97 Å². The summed E-state index contributed by atoms with van der Waals surface area (Å²) >= 11 is 0. The highest BCUT2D eigenvalue weighted by atomic mass is 16.4. The lowest BCUT2D eigenvalue weighted by molar-refractivity contribution is -0.138. The van der Waals surface area contributed by atoms with E-state index in [4.69, 9.17) is 22.3 Å². The topological polar surface area (TPSA) is 290 Å². The number of nitrogens with zero attached hydrogens (tertiary/aromatic N) is 2. The first kappa shape index (κ1) is 36.9. The van der Waals surface area contributed by atoms with E-state index in [9.17, 15) is 28.8 Å². The Morgan fingerprint density at radius 1 is 0.913 bits per heavy atom. The average Bonchev–Trinajstić information content (AvgIpc) is 3.53. The van der Waals surface area contributed by atoms with Crippen LogP contribution in [0.2, 0.25) is 0 Å². The van der Waals surface area contributed by atoms with Crippen LogP contribution >= 0.6 is 0 Å². The maximum Gasteiger partial charge on any atom is 0.303 e. The number of H-pyrrole nitrogens is 1. The Balaban J connectivity index is 2.30. The molecule has 2 rings (SSSR count). The van der Waals surface area contributed by atoms with Crippen molar-refractivity contribution in [2.24, 2.45) is 22.2 Å². The van der Waals surface area contributed by atoms with Gasteiger partial charge in [-0.05, 0) is 31.7 Å². The number of rotatable bonds is 20. The fourth-order valence-corrected chi connectivity index (χ4v) is 4.27.